The van der Waals surface area contributed by atoms with Crippen molar-refractivity contribution in [3.05, 3.63) is 35.1 Å². The van der Waals surface area contributed by atoms with Crippen LogP contribution in [0.4, 0.5) is 13.2 Å². The maximum Gasteiger partial charge on any atom is 0.194 e. The molecule has 4 heteroatoms. The lowest BCUT2D eigenvalue weighted by atomic mass is 9.68. The maximum absolute atomic E-state index is 13.4. The van der Waals surface area contributed by atoms with Crippen molar-refractivity contribution in [3.63, 3.8) is 0 Å². The summed E-state index contributed by atoms with van der Waals surface area (Å²) >= 11 is 0. The molecule has 3 rings (SSSR count). The van der Waals surface area contributed by atoms with Crippen molar-refractivity contribution in [2.75, 3.05) is 0 Å². The summed E-state index contributed by atoms with van der Waals surface area (Å²) in [6, 6.07) is 2.30. The Morgan fingerprint density at radius 3 is 1.74 bits per heavy atom. The van der Waals surface area contributed by atoms with Crippen molar-refractivity contribution < 1.29 is 18.0 Å². The van der Waals surface area contributed by atoms with E-state index in [1.807, 2.05) is 0 Å². The summed E-state index contributed by atoms with van der Waals surface area (Å²) in [4.78, 5) is 10.8. The minimum absolute atomic E-state index is 0.127. The maximum atomic E-state index is 13.4. The third-order valence-electron chi connectivity index (χ3n) is 5.93. The second-order valence-electron chi connectivity index (χ2n) is 7.22. The monoisotopic (exact) mass is 324 g/mol. The molecule has 23 heavy (non-hydrogen) atoms. The van der Waals surface area contributed by atoms with Crippen LogP contribution >= 0.6 is 0 Å². The molecule has 2 saturated carbocycles. The highest BCUT2D eigenvalue weighted by atomic mass is 19.2. The van der Waals surface area contributed by atoms with Crippen LogP contribution in [0.25, 0.3) is 0 Å². The fourth-order valence-electron chi connectivity index (χ4n) is 4.49. The fourth-order valence-corrected chi connectivity index (χ4v) is 4.49. The zero-order chi connectivity index (χ0) is 16.4. The number of rotatable bonds is 3. The van der Waals surface area contributed by atoms with E-state index >= 15 is 0 Å². The molecule has 0 aromatic heterocycles. The Morgan fingerprint density at radius 2 is 1.26 bits per heavy atom. The van der Waals surface area contributed by atoms with E-state index in [-0.39, 0.29) is 11.8 Å². The van der Waals surface area contributed by atoms with Crippen molar-refractivity contribution in [1.29, 1.82) is 0 Å². The highest BCUT2D eigenvalue weighted by molar-refractivity contribution is 5.53. The highest BCUT2D eigenvalue weighted by Gasteiger charge is 2.31. The first kappa shape index (κ1) is 16.5. The average molecular weight is 324 g/mol. The van der Waals surface area contributed by atoms with E-state index in [0.29, 0.717) is 17.4 Å². The van der Waals surface area contributed by atoms with Gasteiger partial charge < -0.3 is 4.79 Å². The Hall–Kier alpha value is -1.32. The number of halogens is 3. The number of carbonyl (C=O) groups is 1. The largest absolute Gasteiger partial charge is 0.303 e. The zero-order valence-corrected chi connectivity index (χ0v) is 13.2. The molecule has 1 aromatic rings. The van der Waals surface area contributed by atoms with Crippen molar-refractivity contribution in [3.8, 4) is 0 Å². The van der Waals surface area contributed by atoms with Gasteiger partial charge >= 0.3 is 0 Å². The normalized spacial score (nSPS) is 31.8. The SMILES string of the molecule is O=C[C@H]1CC[C@H]([C@H]2CC[C@H](c3cc(F)c(F)c(F)c3)CC2)CC1. The molecule has 0 heterocycles. The molecule has 0 radical (unpaired) electrons. The molecule has 126 valence electrons. The molecule has 0 bridgehead atoms. The van der Waals surface area contributed by atoms with Gasteiger partial charge in [0.05, 0.1) is 0 Å². The Bertz CT molecular complexity index is 533. The first-order valence-electron chi connectivity index (χ1n) is 8.68. The number of carbonyl (C=O) groups excluding carboxylic acids is 1. The number of hydrogen-bond acceptors (Lipinski definition) is 1. The molecule has 0 aliphatic heterocycles. The standard InChI is InChI=1S/C19H23F3O/c20-17-9-16(10-18(21)19(17)22)15-7-5-14(6-8-15)13-3-1-12(11-23)2-4-13/h9-15H,1-8H2/t12-,13-,14-,15-. The van der Waals surface area contributed by atoms with Crippen molar-refractivity contribution >= 4 is 6.29 Å². The van der Waals surface area contributed by atoms with E-state index in [1.54, 1.807) is 0 Å². The van der Waals surface area contributed by atoms with Gasteiger partial charge in [-0.3, -0.25) is 0 Å². The lowest BCUT2D eigenvalue weighted by Crippen LogP contribution is -2.25. The topological polar surface area (TPSA) is 17.1 Å². The lowest BCUT2D eigenvalue weighted by molar-refractivity contribution is -0.112. The fraction of sp³-hybridized carbons (Fsp3) is 0.632. The van der Waals surface area contributed by atoms with Gasteiger partial charge in [-0.1, -0.05) is 0 Å². The predicted octanol–water partition coefficient (Wildman–Crippen LogP) is 5.38. The molecule has 0 spiro atoms. The van der Waals surface area contributed by atoms with Crippen LogP contribution in [-0.4, -0.2) is 6.29 Å². The molecule has 0 amide bonds. The van der Waals surface area contributed by atoms with Crippen LogP contribution in [0.3, 0.4) is 0 Å². The summed E-state index contributed by atoms with van der Waals surface area (Å²) < 4.78 is 39.8. The second-order valence-corrected chi connectivity index (χ2v) is 7.22. The second kappa shape index (κ2) is 7.06. The van der Waals surface area contributed by atoms with E-state index in [4.69, 9.17) is 0 Å². The first-order chi connectivity index (χ1) is 11.1. The molecule has 1 aromatic carbocycles. The van der Waals surface area contributed by atoms with E-state index in [0.717, 1.165) is 69.8 Å². The van der Waals surface area contributed by atoms with Gasteiger partial charge in [-0.2, -0.15) is 0 Å². The molecule has 0 N–H and O–H groups in total. The lowest BCUT2D eigenvalue weighted by Gasteiger charge is -2.37. The Labute approximate surface area is 135 Å². The van der Waals surface area contributed by atoms with E-state index < -0.39 is 17.5 Å². The minimum atomic E-state index is -1.38. The highest BCUT2D eigenvalue weighted by Crippen LogP contribution is 2.43. The molecule has 2 fully saturated rings. The third-order valence-corrected chi connectivity index (χ3v) is 5.93. The summed E-state index contributed by atoms with van der Waals surface area (Å²) in [6.07, 6.45) is 9.27. The predicted molar refractivity (Wildman–Crippen MR) is 82.5 cm³/mol. The van der Waals surface area contributed by atoms with E-state index in [1.165, 1.54) is 0 Å². The summed E-state index contributed by atoms with van der Waals surface area (Å²) in [7, 11) is 0. The third kappa shape index (κ3) is 3.61. The van der Waals surface area contributed by atoms with Crippen LogP contribution in [0, 0.1) is 35.2 Å². The number of aldehydes is 1. The van der Waals surface area contributed by atoms with Crippen molar-refractivity contribution in [1.82, 2.24) is 0 Å². The summed E-state index contributed by atoms with van der Waals surface area (Å²) in [5, 5.41) is 0. The molecule has 0 atom stereocenters. The van der Waals surface area contributed by atoms with E-state index in [9.17, 15) is 18.0 Å². The van der Waals surface area contributed by atoms with Crippen molar-refractivity contribution in [2.24, 2.45) is 17.8 Å². The Morgan fingerprint density at radius 1 is 0.783 bits per heavy atom. The molecular weight excluding hydrogens is 301 g/mol. The van der Waals surface area contributed by atoms with Gasteiger partial charge in [0.2, 0.25) is 0 Å². The quantitative estimate of drug-likeness (QED) is 0.538. The Kier molecular flexibility index (Phi) is 5.08. The molecule has 2 aliphatic rings. The van der Waals surface area contributed by atoms with Gasteiger partial charge in [-0.15, -0.1) is 0 Å². The summed E-state index contributed by atoms with van der Waals surface area (Å²) in [5.74, 6) is -1.84. The van der Waals surface area contributed by atoms with Gasteiger partial charge in [0.1, 0.15) is 6.29 Å². The van der Waals surface area contributed by atoms with Gasteiger partial charge in [0.25, 0.3) is 0 Å². The van der Waals surface area contributed by atoms with Crippen LogP contribution < -0.4 is 0 Å². The van der Waals surface area contributed by atoms with Gasteiger partial charge in [-0.05, 0) is 86.8 Å². The molecular formula is C19H23F3O. The van der Waals surface area contributed by atoms with Gasteiger partial charge in [-0.25, -0.2) is 13.2 Å². The van der Waals surface area contributed by atoms with Crippen LogP contribution in [0.2, 0.25) is 0 Å². The van der Waals surface area contributed by atoms with E-state index in [2.05, 4.69) is 0 Å². The van der Waals surface area contributed by atoms with Crippen LogP contribution in [0.5, 0.6) is 0 Å². The molecule has 2 aliphatic carbocycles. The molecule has 0 unspecified atom stereocenters. The minimum Gasteiger partial charge on any atom is -0.303 e. The average Bonchev–Trinajstić information content (AvgIpc) is 2.59. The smallest absolute Gasteiger partial charge is 0.194 e. The molecule has 1 nitrogen and oxygen atoms in total. The van der Waals surface area contributed by atoms with Crippen LogP contribution in [-0.2, 0) is 4.79 Å². The number of benzene rings is 1. The van der Waals surface area contributed by atoms with Gasteiger partial charge in [0, 0.05) is 5.92 Å². The zero-order valence-electron chi connectivity index (χ0n) is 13.2. The molecule has 0 saturated heterocycles. The number of hydrogen-bond donors (Lipinski definition) is 0. The van der Waals surface area contributed by atoms with Gasteiger partial charge in [0.15, 0.2) is 17.5 Å². The first-order valence-corrected chi connectivity index (χ1v) is 8.68. The van der Waals surface area contributed by atoms with Crippen LogP contribution in [0.15, 0.2) is 12.1 Å². The summed E-state index contributed by atoms with van der Waals surface area (Å²) in [5.41, 5.74) is 0.588. The van der Waals surface area contributed by atoms with Crippen molar-refractivity contribution in [2.45, 2.75) is 57.3 Å². The summed E-state index contributed by atoms with van der Waals surface area (Å²) in [6.45, 7) is 0. The van der Waals surface area contributed by atoms with Crippen LogP contribution in [0.1, 0.15) is 62.8 Å². The Balaban J connectivity index is 1.57.